The second-order valence-electron chi connectivity index (χ2n) is 5.15. The van der Waals surface area contributed by atoms with Crippen molar-refractivity contribution < 1.29 is 19.8 Å². The van der Waals surface area contributed by atoms with Crippen LogP contribution < -0.4 is 0 Å². The third-order valence-corrected chi connectivity index (χ3v) is 4.22. The van der Waals surface area contributed by atoms with Gasteiger partial charge in [-0.2, -0.15) is 0 Å². The van der Waals surface area contributed by atoms with Crippen LogP contribution in [0.1, 0.15) is 32.1 Å². The lowest BCUT2D eigenvalue weighted by atomic mass is 9.84. The molecule has 0 spiro atoms. The van der Waals surface area contributed by atoms with E-state index in [0.29, 0.717) is 25.9 Å². The minimum absolute atomic E-state index is 0.318. The molecule has 18 heavy (non-hydrogen) atoms. The first-order valence-electron chi connectivity index (χ1n) is 6.52. The molecule has 2 heterocycles. The average molecular weight is 256 g/mol. The second-order valence-corrected chi connectivity index (χ2v) is 5.15. The molecule has 2 aliphatic heterocycles. The van der Waals surface area contributed by atoms with Gasteiger partial charge < -0.3 is 15.1 Å². The van der Waals surface area contributed by atoms with E-state index < -0.39 is 17.6 Å². The highest BCUT2D eigenvalue weighted by Crippen LogP contribution is 2.31. The summed E-state index contributed by atoms with van der Waals surface area (Å²) in [6.07, 6.45) is 3.08. The first kappa shape index (κ1) is 13.1. The lowest BCUT2D eigenvalue weighted by Gasteiger charge is -2.46. The highest BCUT2D eigenvalue weighted by Gasteiger charge is 2.47. The quantitative estimate of drug-likeness (QED) is 0.772. The summed E-state index contributed by atoms with van der Waals surface area (Å²) in [6, 6.07) is 0. The number of carboxylic acid groups (broad SMARTS) is 2. The van der Waals surface area contributed by atoms with E-state index in [1.54, 1.807) is 0 Å². The standard InChI is InChI=1S/C12H20N2O4/c15-10(16)12(14-6-2-1-3-7-14)4-8-13(9-5-12)11(17)18/h1-9H2,(H,15,16)(H,17,18). The van der Waals surface area contributed by atoms with Crippen LogP contribution in [-0.2, 0) is 4.79 Å². The molecule has 0 unspecified atom stereocenters. The molecule has 0 aromatic rings. The van der Waals surface area contributed by atoms with E-state index in [4.69, 9.17) is 5.11 Å². The first-order valence-corrected chi connectivity index (χ1v) is 6.52. The predicted octanol–water partition coefficient (Wildman–Crippen LogP) is 1.07. The number of carboxylic acids is 1. The zero-order chi connectivity index (χ0) is 13.2. The molecule has 1 amide bonds. The maximum atomic E-state index is 11.6. The maximum absolute atomic E-state index is 11.6. The Kier molecular flexibility index (Phi) is 3.75. The van der Waals surface area contributed by atoms with Crippen molar-refractivity contribution in [3.63, 3.8) is 0 Å². The van der Waals surface area contributed by atoms with Gasteiger partial charge in [-0.3, -0.25) is 9.69 Å². The largest absolute Gasteiger partial charge is 0.480 e. The topological polar surface area (TPSA) is 81.1 Å². The molecule has 0 bridgehead atoms. The van der Waals surface area contributed by atoms with Gasteiger partial charge in [-0.25, -0.2) is 4.79 Å². The van der Waals surface area contributed by atoms with Gasteiger partial charge in [-0.05, 0) is 38.8 Å². The smallest absolute Gasteiger partial charge is 0.407 e. The second kappa shape index (κ2) is 5.14. The predicted molar refractivity (Wildman–Crippen MR) is 64.6 cm³/mol. The highest BCUT2D eigenvalue weighted by molar-refractivity contribution is 5.79. The normalized spacial score (nSPS) is 24.8. The van der Waals surface area contributed by atoms with E-state index in [0.717, 1.165) is 32.4 Å². The number of hydrogen-bond acceptors (Lipinski definition) is 3. The molecule has 0 aromatic carbocycles. The monoisotopic (exact) mass is 256 g/mol. The van der Waals surface area contributed by atoms with E-state index in [2.05, 4.69) is 4.90 Å². The van der Waals surface area contributed by atoms with E-state index >= 15 is 0 Å². The molecule has 0 saturated carbocycles. The fourth-order valence-corrected chi connectivity index (χ4v) is 3.06. The molecule has 0 aliphatic carbocycles. The number of hydrogen-bond donors (Lipinski definition) is 2. The van der Waals surface area contributed by atoms with Gasteiger partial charge in [0.05, 0.1) is 0 Å². The summed E-state index contributed by atoms with van der Waals surface area (Å²) in [5.41, 5.74) is -0.841. The number of nitrogens with zero attached hydrogens (tertiary/aromatic N) is 2. The van der Waals surface area contributed by atoms with Crippen LogP contribution in [0, 0.1) is 0 Å². The first-order chi connectivity index (χ1) is 8.56. The summed E-state index contributed by atoms with van der Waals surface area (Å²) < 4.78 is 0. The van der Waals surface area contributed by atoms with Crippen LogP contribution in [-0.4, -0.2) is 63.8 Å². The molecule has 0 radical (unpaired) electrons. The molecule has 2 saturated heterocycles. The summed E-state index contributed by atoms with van der Waals surface area (Å²) in [7, 11) is 0. The van der Waals surface area contributed by atoms with Gasteiger partial charge in [0.2, 0.25) is 0 Å². The van der Waals surface area contributed by atoms with Gasteiger partial charge in [0.15, 0.2) is 0 Å². The zero-order valence-electron chi connectivity index (χ0n) is 10.5. The van der Waals surface area contributed by atoms with E-state index in [9.17, 15) is 14.7 Å². The average Bonchev–Trinajstić information content (AvgIpc) is 2.39. The summed E-state index contributed by atoms with van der Waals surface area (Å²) in [5, 5.41) is 18.5. The molecule has 102 valence electrons. The molecule has 2 fully saturated rings. The molecule has 2 aliphatic rings. The Morgan fingerprint density at radius 2 is 1.44 bits per heavy atom. The summed E-state index contributed by atoms with van der Waals surface area (Å²) in [4.78, 5) is 25.9. The number of aliphatic carboxylic acids is 1. The molecule has 6 nitrogen and oxygen atoms in total. The molecule has 2 N–H and O–H groups in total. The van der Waals surface area contributed by atoms with Crippen molar-refractivity contribution >= 4 is 12.1 Å². The van der Waals surface area contributed by atoms with Crippen LogP contribution in [0.2, 0.25) is 0 Å². The fraction of sp³-hybridized carbons (Fsp3) is 0.833. The van der Waals surface area contributed by atoms with Crippen molar-refractivity contribution in [2.24, 2.45) is 0 Å². The molecule has 0 aromatic heterocycles. The molecule has 6 heteroatoms. The Bertz CT molecular complexity index is 331. The van der Waals surface area contributed by atoms with Gasteiger partial charge in [0.25, 0.3) is 0 Å². The minimum Gasteiger partial charge on any atom is -0.480 e. The lowest BCUT2D eigenvalue weighted by molar-refractivity contribution is -0.156. The number of rotatable bonds is 2. The zero-order valence-corrected chi connectivity index (χ0v) is 10.5. The van der Waals surface area contributed by atoms with Crippen molar-refractivity contribution in [3.8, 4) is 0 Å². The Morgan fingerprint density at radius 1 is 0.889 bits per heavy atom. The Hall–Kier alpha value is -1.30. The molecular formula is C12H20N2O4. The van der Waals surface area contributed by atoms with Gasteiger partial charge in [0, 0.05) is 13.1 Å². The van der Waals surface area contributed by atoms with Crippen LogP contribution in [0.3, 0.4) is 0 Å². The fourth-order valence-electron chi connectivity index (χ4n) is 3.06. The van der Waals surface area contributed by atoms with Gasteiger partial charge in [-0.1, -0.05) is 6.42 Å². The minimum atomic E-state index is -0.951. The van der Waals surface area contributed by atoms with Gasteiger partial charge >= 0.3 is 12.1 Å². The van der Waals surface area contributed by atoms with Crippen molar-refractivity contribution in [2.75, 3.05) is 26.2 Å². The van der Waals surface area contributed by atoms with Gasteiger partial charge in [0.1, 0.15) is 5.54 Å². The number of amides is 1. The Balaban J connectivity index is 2.09. The number of piperidine rings is 2. The molecule has 2 rings (SSSR count). The van der Waals surface area contributed by atoms with Crippen LogP contribution in [0.4, 0.5) is 4.79 Å². The summed E-state index contributed by atoms with van der Waals surface area (Å²) in [5.74, 6) is -0.797. The van der Waals surface area contributed by atoms with E-state index in [1.807, 2.05) is 0 Å². The Labute approximate surface area is 106 Å². The van der Waals surface area contributed by atoms with E-state index in [1.165, 1.54) is 4.90 Å². The molecule has 0 atom stereocenters. The summed E-state index contributed by atoms with van der Waals surface area (Å²) >= 11 is 0. The SMILES string of the molecule is O=C(O)N1CCC(C(=O)O)(N2CCCCC2)CC1. The van der Waals surface area contributed by atoms with Crippen molar-refractivity contribution in [1.82, 2.24) is 9.80 Å². The highest BCUT2D eigenvalue weighted by atomic mass is 16.4. The number of likely N-dealkylation sites (tertiary alicyclic amines) is 2. The lowest BCUT2D eigenvalue weighted by Crippen LogP contribution is -2.61. The maximum Gasteiger partial charge on any atom is 0.407 e. The van der Waals surface area contributed by atoms with E-state index in [-0.39, 0.29) is 0 Å². The van der Waals surface area contributed by atoms with Gasteiger partial charge in [-0.15, -0.1) is 0 Å². The van der Waals surface area contributed by atoms with Crippen LogP contribution >= 0.6 is 0 Å². The third kappa shape index (κ3) is 2.29. The summed E-state index contributed by atoms with van der Waals surface area (Å²) in [6.45, 7) is 2.27. The van der Waals surface area contributed by atoms with Crippen molar-refractivity contribution in [3.05, 3.63) is 0 Å². The van der Waals surface area contributed by atoms with Crippen molar-refractivity contribution in [1.29, 1.82) is 0 Å². The molecular weight excluding hydrogens is 236 g/mol. The van der Waals surface area contributed by atoms with Crippen LogP contribution in [0.15, 0.2) is 0 Å². The number of carbonyl (C=O) groups is 2. The van der Waals surface area contributed by atoms with Crippen LogP contribution in [0.25, 0.3) is 0 Å². The Morgan fingerprint density at radius 3 is 1.89 bits per heavy atom. The van der Waals surface area contributed by atoms with Crippen LogP contribution in [0.5, 0.6) is 0 Å². The third-order valence-electron chi connectivity index (χ3n) is 4.22. The van der Waals surface area contributed by atoms with Crippen molar-refractivity contribution in [2.45, 2.75) is 37.6 Å².